The van der Waals surface area contributed by atoms with E-state index < -0.39 is 0 Å². The number of carbonyl (C=O) groups is 2. The summed E-state index contributed by atoms with van der Waals surface area (Å²) in [7, 11) is 2.16. The number of rotatable bonds is 3. The minimum Gasteiger partial charge on any atom is -0.454 e. The van der Waals surface area contributed by atoms with Gasteiger partial charge < -0.3 is 24.2 Å². The molecule has 0 aliphatic carbocycles. The van der Waals surface area contributed by atoms with Crippen LogP contribution >= 0.6 is 0 Å². The van der Waals surface area contributed by atoms with E-state index in [-0.39, 0.29) is 17.7 Å². The number of hydrogen-bond acceptors (Lipinski definition) is 6. The van der Waals surface area contributed by atoms with Crippen molar-refractivity contribution >= 4 is 11.8 Å². The summed E-state index contributed by atoms with van der Waals surface area (Å²) in [6.07, 6.45) is 8.12. The average molecular weight is 507 g/mol. The van der Waals surface area contributed by atoms with Crippen LogP contribution in [0, 0.1) is 5.92 Å². The van der Waals surface area contributed by atoms with E-state index in [0.717, 1.165) is 81.9 Å². The van der Waals surface area contributed by atoms with E-state index in [9.17, 15) is 9.59 Å². The summed E-state index contributed by atoms with van der Waals surface area (Å²) in [5, 5.41) is 0. The topological polar surface area (TPSA) is 75.2 Å². The van der Waals surface area contributed by atoms with Gasteiger partial charge in [-0.2, -0.15) is 0 Å². The highest BCUT2D eigenvalue weighted by atomic mass is 16.7. The molecule has 0 bridgehead atoms. The number of benzene rings is 1. The first kappa shape index (κ1) is 25.5. The highest BCUT2D eigenvalue weighted by molar-refractivity contribution is 5.89. The molecule has 5 rings (SSSR count). The number of aryl methyl sites for hydroxylation is 1. The SMILES string of the molecule is CN1CCCCN(C(=O)C2CC(=O)N(Cc3ccccn3)C2)CCCCCc2cc3c(cc2C1)OCO3. The Balaban J connectivity index is 1.20. The van der Waals surface area contributed by atoms with Crippen molar-refractivity contribution < 1.29 is 19.1 Å². The van der Waals surface area contributed by atoms with Gasteiger partial charge in [0.15, 0.2) is 11.5 Å². The maximum atomic E-state index is 13.5. The molecule has 0 radical (unpaired) electrons. The largest absolute Gasteiger partial charge is 0.454 e. The second-order valence-electron chi connectivity index (χ2n) is 10.6. The van der Waals surface area contributed by atoms with Gasteiger partial charge in [-0.3, -0.25) is 14.6 Å². The smallest absolute Gasteiger partial charge is 0.231 e. The summed E-state index contributed by atoms with van der Waals surface area (Å²) < 4.78 is 11.3. The van der Waals surface area contributed by atoms with Crippen molar-refractivity contribution in [3.8, 4) is 11.5 Å². The van der Waals surface area contributed by atoms with Gasteiger partial charge in [-0.05, 0) is 81.1 Å². The van der Waals surface area contributed by atoms with Crippen LogP contribution in [-0.2, 0) is 29.1 Å². The molecule has 2 aromatic rings. The summed E-state index contributed by atoms with van der Waals surface area (Å²) in [6, 6.07) is 10.0. The van der Waals surface area contributed by atoms with E-state index in [4.69, 9.17) is 9.47 Å². The third-order valence-electron chi connectivity index (χ3n) is 7.68. The summed E-state index contributed by atoms with van der Waals surface area (Å²) in [5.41, 5.74) is 3.51. The van der Waals surface area contributed by atoms with Crippen molar-refractivity contribution in [3.05, 3.63) is 53.3 Å². The van der Waals surface area contributed by atoms with Crippen molar-refractivity contribution in [3.63, 3.8) is 0 Å². The number of likely N-dealkylation sites (tertiary alicyclic amines) is 1. The Bertz CT molecular complexity index is 1090. The van der Waals surface area contributed by atoms with Gasteiger partial charge in [0.25, 0.3) is 0 Å². The Hall–Kier alpha value is -3.13. The van der Waals surface area contributed by atoms with E-state index in [1.807, 2.05) is 23.1 Å². The highest BCUT2D eigenvalue weighted by Crippen LogP contribution is 2.36. The lowest BCUT2D eigenvalue weighted by atomic mass is 9.99. The first-order valence-electron chi connectivity index (χ1n) is 13.6. The molecule has 3 aliphatic heterocycles. The number of fused-ring (bicyclic) bond motifs is 2. The predicted octanol–water partition coefficient (Wildman–Crippen LogP) is 3.63. The van der Waals surface area contributed by atoms with Crippen LogP contribution in [0.5, 0.6) is 11.5 Å². The zero-order valence-corrected chi connectivity index (χ0v) is 21.9. The number of ether oxygens (including phenoxy) is 2. The zero-order valence-electron chi connectivity index (χ0n) is 21.9. The van der Waals surface area contributed by atoms with Crippen LogP contribution in [0.4, 0.5) is 0 Å². The fraction of sp³-hybridized carbons (Fsp3) is 0.552. The molecule has 1 atom stereocenters. The van der Waals surface area contributed by atoms with E-state index in [1.165, 1.54) is 11.1 Å². The lowest BCUT2D eigenvalue weighted by molar-refractivity contribution is -0.136. The lowest BCUT2D eigenvalue weighted by Gasteiger charge is -2.27. The fourth-order valence-corrected chi connectivity index (χ4v) is 5.62. The Morgan fingerprint density at radius 3 is 2.54 bits per heavy atom. The number of nitrogens with zero attached hydrogens (tertiary/aromatic N) is 4. The molecule has 1 aromatic carbocycles. The molecular formula is C29H38N4O4. The van der Waals surface area contributed by atoms with Gasteiger partial charge in [-0.15, -0.1) is 0 Å². The molecule has 0 N–H and O–H groups in total. The molecule has 1 unspecified atom stereocenters. The molecule has 1 saturated heterocycles. The van der Waals surface area contributed by atoms with E-state index in [2.05, 4.69) is 29.1 Å². The molecule has 4 heterocycles. The molecule has 0 spiro atoms. The van der Waals surface area contributed by atoms with Gasteiger partial charge in [0.05, 0.1) is 18.2 Å². The summed E-state index contributed by atoms with van der Waals surface area (Å²) >= 11 is 0. The lowest BCUT2D eigenvalue weighted by Crippen LogP contribution is -2.39. The van der Waals surface area contributed by atoms with E-state index in [0.29, 0.717) is 26.3 Å². The van der Waals surface area contributed by atoms with Crippen LogP contribution in [0.2, 0.25) is 0 Å². The Morgan fingerprint density at radius 2 is 1.76 bits per heavy atom. The van der Waals surface area contributed by atoms with Crippen molar-refractivity contribution in [2.45, 2.75) is 58.0 Å². The summed E-state index contributed by atoms with van der Waals surface area (Å²) in [4.78, 5) is 36.7. The number of amides is 2. The molecule has 37 heavy (non-hydrogen) atoms. The molecule has 2 amide bonds. The predicted molar refractivity (Wildman–Crippen MR) is 140 cm³/mol. The number of hydrogen-bond donors (Lipinski definition) is 0. The van der Waals surface area contributed by atoms with Crippen LogP contribution in [0.15, 0.2) is 36.5 Å². The van der Waals surface area contributed by atoms with Crippen molar-refractivity contribution in [2.75, 3.05) is 40.0 Å². The van der Waals surface area contributed by atoms with Gasteiger partial charge in [-0.1, -0.05) is 12.5 Å². The summed E-state index contributed by atoms with van der Waals surface area (Å²) in [5.74, 6) is 1.63. The van der Waals surface area contributed by atoms with Crippen LogP contribution in [0.1, 0.15) is 55.3 Å². The van der Waals surface area contributed by atoms with Crippen LogP contribution in [0.3, 0.4) is 0 Å². The Labute approximate surface area is 219 Å². The van der Waals surface area contributed by atoms with Gasteiger partial charge in [-0.25, -0.2) is 0 Å². The molecule has 8 nitrogen and oxygen atoms in total. The normalized spacial score (nSPS) is 21.5. The molecule has 1 aromatic heterocycles. The zero-order chi connectivity index (χ0) is 25.6. The minimum absolute atomic E-state index is 0.0484. The Morgan fingerprint density at radius 1 is 1.00 bits per heavy atom. The van der Waals surface area contributed by atoms with Crippen LogP contribution in [-0.4, -0.2) is 71.5 Å². The number of aromatic nitrogens is 1. The van der Waals surface area contributed by atoms with Crippen molar-refractivity contribution in [1.29, 1.82) is 0 Å². The number of pyridine rings is 1. The fourth-order valence-electron chi connectivity index (χ4n) is 5.62. The quantitative estimate of drug-likeness (QED) is 0.633. The maximum absolute atomic E-state index is 13.5. The van der Waals surface area contributed by atoms with E-state index in [1.54, 1.807) is 11.1 Å². The third-order valence-corrected chi connectivity index (χ3v) is 7.68. The minimum atomic E-state index is -0.256. The molecule has 1 fully saturated rings. The second-order valence-corrected chi connectivity index (χ2v) is 10.6. The highest BCUT2D eigenvalue weighted by Gasteiger charge is 2.36. The third kappa shape index (κ3) is 6.42. The molecule has 0 saturated carbocycles. The Kier molecular flexibility index (Phi) is 8.24. The van der Waals surface area contributed by atoms with Crippen LogP contribution < -0.4 is 9.47 Å². The summed E-state index contributed by atoms with van der Waals surface area (Å²) in [6.45, 7) is 4.62. The first-order chi connectivity index (χ1) is 18.1. The maximum Gasteiger partial charge on any atom is 0.231 e. The average Bonchev–Trinajstić information content (AvgIpc) is 3.50. The molecule has 198 valence electrons. The molecular weight excluding hydrogens is 468 g/mol. The standard InChI is InChI=1S/C29H38N4O4/c1-31-12-7-8-14-32(29(35)24-17-28(34)33(19-24)20-25-10-4-5-11-30-25)13-6-2-3-9-22-15-26-27(37-21-36-26)16-23(22)18-31/h4-5,10-11,15-16,24H,2-3,6-9,12-14,17-21H2,1H3. The van der Waals surface area contributed by atoms with Crippen molar-refractivity contribution in [1.82, 2.24) is 19.7 Å². The molecule has 8 heteroatoms. The van der Waals surface area contributed by atoms with Crippen LogP contribution in [0.25, 0.3) is 0 Å². The first-order valence-corrected chi connectivity index (χ1v) is 13.6. The monoisotopic (exact) mass is 506 g/mol. The number of carbonyl (C=O) groups excluding carboxylic acids is 2. The molecule has 3 aliphatic rings. The van der Waals surface area contributed by atoms with Gasteiger partial charge >= 0.3 is 0 Å². The van der Waals surface area contributed by atoms with Gasteiger partial charge in [0.1, 0.15) is 0 Å². The van der Waals surface area contributed by atoms with Crippen molar-refractivity contribution in [2.24, 2.45) is 5.92 Å². The van der Waals surface area contributed by atoms with Gasteiger partial charge in [0, 0.05) is 38.8 Å². The van der Waals surface area contributed by atoms with Gasteiger partial charge in [0.2, 0.25) is 18.6 Å². The second kappa shape index (κ2) is 11.9. The van der Waals surface area contributed by atoms with E-state index >= 15 is 0 Å².